The van der Waals surface area contributed by atoms with Crippen molar-refractivity contribution >= 4 is 17.8 Å². The second-order valence-electron chi connectivity index (χ2n) is 6.88. The lowest BCUT2D eigenvalue weighted by atomic mass is 9.90. The maximum Gasteiger partial charge on any atom is 0.305 e. The SMILES string of the molecule is CCN(C)C(C(=O)NCCC(=O)O)C(C)CCC(C)CCNC(C)=O. The first-order chi connectivity index (χ1) is 11.7. The van der Waals surface area contributed by atoms with Gasteiger partial charge in [-0.05, 0) is 38.3 Å². The first-order valence-electron chi connectivity index (χ1n) is 9.13. The number of hydrogen-bond acceptors (Lipinski definition) is 4. The number of carboxylic acids is 1. The van der Waals surface area contributed by atoms with Crippen LogP contribution in [0.2, 0.25) is 0 Å². The van der Waals surface area contributed by atoms with Crippen molar-refractivity contribution in [2.24, 2.45) is 11.8 Å². The predicted octanol–water partition coefficient (Wildman–Crippen LogP) is 1.48. The molecule has 7 heteroatoms. The Morgan fingerprint density at radius 3 is 2.20 bits per heavy atom. The lowest BCUT2D eigenvalue weighted by Gasteiger charge is -2.31. The third kappa shape index (κ3) is 10.8. The molecule has 7 nitrogen and oxygen atoms in total. The van der Waals surface area contributed by atoms with E-state index in [0.717, 1.165) is 25.8 Å². The number of carbonyl (C=O) groups is 3. The highest BCUT2D eigenvalue weighted by molar-refractivity contribution is 5.82. The number of carboxylic acid groups (broad SMARTS) is 1. The molecule has 3 unspecified atom stereocenters. The van der Waals surface area contributed by atoms with Gasteiger partial charge in [-0.2, -0.15) is 0 Å². The summed E-state index contributed by atoms with van der Waals surface area (Å²) in [6.07, 6.45) is 2.74. The van der Waals surface area contributed by atoms with Gasteiger partial charge in [-0.1, -0.05) is 27.2 Å². The maximum absolute atomic E-state index is 12.5. The monoisotopic (exact) mass is 357 g/mol. The second kappa shape index (κ2) is 12.7. The van der Waals surface area contributed by atoms with E-state index in [2.05, 4.69) is 24.5 Å². The number of carbonyl (C=O) groups excluding carboxylic acids is 2. The summed E-state index contributed by atoms with van der Waals surface area (Å²) >= 11 is 0. The highest BCUT2D eigenvalue weighted by Crippen LogP contribution is 2.20. The molecule has 0 aliphatic carbocycles. The zero-order chi connectivity index (χ0) is 19.4. The van der Waals surface area contributed by atoms with Crippen molar-refractivity contribution in [3.8, 4) is 0 Å². The molecular weight excluding hydrogens is 322 g/mol. The standard InChI is InChI=1S/C18H35N3O4/c1-6-21(5)17(18(25)20-12-10-16(23)24)14(3)8-7-13(2)9-11-19-15(4)22/h13-14,17H,6-12H2,1-5H3,(H,19,22)(H,20,25)(H,23,24). The minimum atomic E-state index is -0.915. The zero-order valence-corrected chi connectivity index (χ0v) is 16.3. The van der Waals surface area contributed by atoms with Crippen molar-refractivity contribution < 1.29 is 19.5 Å². The molecule has 0 aromatic carbocycles. The highest BCUT2D eigenvalue weighted by Gasteiger charge is 2.28. The smallest absolute Gasteiger partial charge is 0.305 e. The summed E-state index contributed by atoms with van der Waals surface area (Å²) in [5.41, 5.74) is 0. The lowest BCUT2D eigenvalue weighted by molar-refractivity contribution is -0.137. The molecule has 3 atom stereocenters. The Bertz CT molecular complexity index is 429. The van der Waals surface area contributed by atoms with Gasteiger partial charge in [0.2, 0.25) is 11.8 Å². The van der Waals surface area contributed by atoms with E-state index in [1.54, 1.807) is 0 Å². The average Bonchev–Trinajstić information content (AvgIpc) is 2.52. The second-order valence-corrected chi connectivity index (χ2v) is 6.88. The van der Waals surface area contributed by atoms with Gasteiger partial charge in [-0.3, -0.25) is 19.3 Å². The molecule has 0 saturated carbocycles. The van der Waals surface area contributed by atoms with E-state index in [1.807, 2.05) is 18.9 Å². The molecule has 0 rings (SSSR count). The normalized spacial score (nSPS) is 14.6. The van der Waals surface area contributed by atoms with E-state index in [1.165, 1.54) is 6.92 Å². The quantitative estimate of drug-likeness (QED) is 0.464. The fourth-order valence-electron chi connectivity index (χ4n) is 2.83. The van der Waals surface area contributed by atoms with Crippen LogP contribution in [0.5, 0.6) is 0 Å². The van der Waals surface area contributed by atoms with Crippen LogP contribution in [0.3, 0.4) is 0 Å². The van der Waals surface area contributed by atoms with Gasteiger partial charge in [-0.25, -0.2) is 0 Å². The van der Waals surface area contributed by atoms with Crippen molar-refractivity contribution in [2.45, 2.75) is 59.4 Å². The molecule has 0 aliphatic heterocycles. The number of nitrogens with one attached hydrogen (secondary N) is 2. The minimum absolute atomic E-state index is 0.0109. The van der Waals surface area contributed by atoms with Gasteiger partial charge >= 0.3 is 5.97 Å². The van der Waals surface area contributed by atoms with Crippen molar-refractivity contribution in [2.75, 3.05) is 26.7 Å². The van der Waals surface area contributed by atoms with Gasteiger partial charge < -0.3 is 15.7 Å². The number of rotatable bonds is 13. The Balaban J connectivity index is 4.47. The van der Waals surface area contributed by atoms with Crippen LogP contribution in [0.15, 0.2) is 0 Å². The summed E-state index contributed by atoms with van der Waals surface area (Å²) in [4.78, 5) is 36.0. The van der Waals surface area contributed by atoms with E-state index in [4.69, 9.17) is 5.11 Å². The summed E-state index contributed by atoms with van der Waals surface area (Å²) in [6.45, 7) is 9.32. The van der Waals surface area contributed by atoms with Gasteiger partial charge in [0.1, 0.15) is 0 Å². The van der Waals surface area contributed by atoms with Crippen LogP contribution in [0.1, 0.15) is 53.4 Å². The molecule has 0 fully saturated rings. The highest BCUT2D eigenvalue weighted by atomic mass is 16.4. The Labute approximate surface area is 151 Å². The molecule has 0 aliphatic rings. The van der Waals surface area contributed by atoms with Gasteiger partial charge in [0.05, 0.1) is 12.5 Å². The molecule has 0 aromatic heterocycles. The van der Waals surface area contributed by atoms with Gasteiger partial charge in [-0.15, -0.1) is 0 Å². The van der Waals surface area contributed by atoms with Crippen LogP contribution in [0.4, 0.5) is 0 Å². The number of aliphatic carboxylic acids is 1. The van der Waals surface area contributed by atoms with Crippen LogP contribution in [-0.2, 0) is 14.4 Å². The summed E-state index contributed by atoms with van der Waals surface area (Å²) in [6, 6.07) is -0.263. The molecule has 0 heterocycles. The topological polar surface area (TPSA) is 98.7 Å². The lowest BCUT2D eigenvalue weighted by Crippen LogP contribution is -2.49. The Morgan fingerprint density at radius 2 is 1.68 bits per heavy atom. The third-order valence-corrected chi connectivity index (χ3v) is 4.55. The molecule has 0 saturated heterocycles. The molecule has 0 spiro atoms. The Morgan fingerprint density at radius 1 is 1.04 bits per heavy atom. The summed E-state index contributed by atoms with van der Waals surface area (Å²) in [5, 5.41) is 14.2. The Kier molecular flexibility index (Phi) is 11.9. The maximum atomic E-state index is 12.5. The van der Waals surface area contributed by atoms with Crippen LogP contribution in [0.25, 0.3) is 0 Å². The van der Waals surface area contributed by atoms with Crippen molar-refractivity contribution in [1.82, 2.24) is 15.5 Å². The van der Waals surface area contributed by atoms with E-state index in [-0.39, 0.29) is 36.7 Å². The molecule has 146 valence electrons. The number of nitrogens with zero attached hydrogens (tertiary/aromatic N) is 1. The average molecular weight is 357 g/mol. The molecule has 25 heavy (non-hydrogen) atoms. The summed E-state index contributed by atoms with van der Waals surface area (Å²) in [7, 11) is 1.91. The molecule has 2 amide bonds. The van der Waals surface area contributed by atoms with Crippen LogP contribution < -0.4 is 10.6 Å². The van der Waals surface area contributed by atoms with Gasteiger partial charge in [0, 0.05) is 20.0 Å². The van der Waals surface area contributed by atoms with Crippen LogP contribution in [-0.4, -0.2) is 60.5 Å². The van der Waals surface area contributed by atoms with Gasteiger partial charge in [0.25, 0.3) is 0 Å². The Hall–Kier alpha value is -1.63. The fraction of sp³-hybridized carbons (Fsp3) is 0.833. The first kappa shape index (κ1) is 23.4. The fourth-order valence-corrected chi connectivity index (χ4v) is 2.83. The summed E-state index contributed by atoms with van der Waals surface area (Å²) < 4.78 is 0. The zero-order valence-electron chi connectivity index (χ0n) is 16.3. The number of amides is 2. The number of hydrogen-bond donors (Lipinski definition) is 3. The molecule has 3 N–H and O–H groups in total. The van der Waals surface area contributed by atoms with Crippen molar-refractivity contribution in [1.29, 1.82) is 0 Å². The predicted molar refractivity (Wildman–Crippen MR) is 98.2 cm³/mol. The molecular formula is C18H35N3O4. The summed E-state index contributed by atoms with van der Waals surface area (Å²) in [5.74, 6) is -0.399. The first-order valence-corrected chi connectivity index (χ1v) is 9.13. The van der Waals surface area contributed by atoms with E-state index in [0.29, 0.717) is 12.5 Å². The van der Waals surface area contributed by atoms with E-state index < -0.39 is 5.97 Å². The molecule has 0 radical (unpaired) electrons. The van der Waals surface area contributed by atoms with Gasteiger partial charge in [0.15, 0.2) is 0 Å². The van der Waals surface area contributed by atoms with Crippen molar-refractivity contribution in [3.63, 3.8) is 0 Å². The van der Waals surface area contributed by atoms with Crippen LogP contribution >= 0.6 is 0 Å². The number of likely N-dealkylation sites (N-methyl/N-ethyl adjacent to an activating group) is 1. The minimum Gasteiger partial charge on any atom is -0.481 e. The molecule has 0 aromatic rings. The largest absolute Gasteiger partial charge is 0.481 e. The van der Waals surface area contributed by atoms with Crippen LogP contribution in [0, 0.1) is 11.8 Å². The molecule has 0 bridgehead atoms. The third-order valence-electron chi connectivity index (χ3n) is 4.55. The van der Waals surface area contributed by atoms with E-state index >= 15 is 0 Å². The van der Waals surface area contributed by atoms with Crippen molar-refractivity contribution in [3.05, 3.63) is 0 Å². The van der Waals surface area contributed by atoms with E-state index in [9.17, 15) is 14.4 Å².